The van der Waals surface area contributed by atoms with Crippen LogP contribution >= 0.6 is 27.5 Å². The van der Waals surface area contributed by atoms with Crippen molar-refractivity contribution in [1.29, 1.82) is 0 Å². The van der Waals surface area contributed by atoms with Crippen molar-refractivity contribution in [2.45, 2.75) is 31.6 Å². The number of hydrogen-bond acceptors (Lipinski definition) is 4. The predicted octanol–water partition coefficient (Wildman–Crippen LogP) is 5.64. The molecule has 0 bridgehead atoms. The van der Waals surface area contributed by atoms with E-state index in [1.807, 2.05) is 55.5 Å². The first-order valence-electron chi connectivity index (χ1n) is 9.73. The average molecular weight is 487 g/mol. The molecule has 2 aromatic rings. The van der Waals surface area contributed by atoms with Crippen LogP contribution in [-0.2, 0) is 14.3 Å². The molecule has 4 nitrogen and oxygen atoms in total. The predicted molar refractivity (Wildman–Crippen MR) is 120 cm³/mol. The largest absolute Gasteiger partial charge is 0.466 e. The summed E-state index contributed by atoms with van der Waals surface area (Å²) >= 11 is 9.86. The fraction of sp³-hybridized carbons (Fsp3) is 0.250. The van der Waals surface area contributed by atoms with Gasteiger partial charge >= 0.3 is 5.97 Å². The minimum absolute atomic E-state index is 0.00417. The molecule has 0 aromatic heterocycles. The minimum atomic E-state index is -0.457. The van der Waals surface area contributed by atoms with Gasteiger partial charge in [-0.3, -0.25) is 4.79 Å². The van der Waals surface area contributed by atoms with Crippen LogP contribution in [0.1, 0.15) is 42.7 Å². The lowest BCUT2D eigenvalue weighted by Crippen LogP contribution is -2.36. The monoisotopic (exact) mass is 485 g/mol. The molecule has 1 aliphatic carbocycles. The Labute approximate surface area is 189 Å². The third kappa shape index (κ3) is 3.72. The normalized spacial score (nSPS) is 21.3. The van der Waals surface area contributed by atoms with Gasteiger partial charge in [0.1, 0.15) is 0 Å². The lowest BCUT2D eigenvalue weighted by Gasteiger charge is -2.36. The number of benzene rings is 2. The van der Waals surface area contributed by atoms with Crippen LogP contribution in [0.4, 0.5) is 0 Å². The van der Waals surface area contributed by atoms with Crippen LogP contribution in [0.15, 0.2) is 75.5 Å². The lowest BCUT2D eigenvalue weighted by atomic mass is 9.72. The van der Waals surface area contributed by atoms with E-state index in [0.717, 1.165) is 21.3 Å². The number of nitrogens with one attached hydrogen (secondary N) is 1. The molecule has 0 saturated heterocycles. The van der Waals surface area contributed by atoms with Crippen molar-refractivity contribution in [1.82, 2.24) is 5.32 Å². The lowest BCUT2D eigenvalue weighted by molar-refractivity contribution is -0.136. The maximum absolute atomic E-state index is 13.4. The van der Waals surface area contributed by atoms with Crippen molar-refractivity contribution in [3.8, 4) is 0 Å². The van der Waals surface area contributed by atoms with Crippen LogP contribution in [0.25, 0.3) is 0 Å². The van der Waals surface area contributed by atoms with E-state index in [1.165, 1.54) is 7.11 Å². The molecule has 0 amide bonds. The molecule has 4 rings (SSSR count). The van der Waals surface area contributed by atoms with Crippen molar-refractivity contribution in [3.05, 3.63) is 91.7 Å². The molecule has 0 radical (unpaired) electrons. The molecule has 0 spiro atoms. The van der Waals surface area contributed by atoms with Gasteiger partial charge < -0.3 is 10.1 Å². The fourth-order valence-corrected chi connectivity index (χ4v) is 4.99. The van der Waals surface area contributed by atoms with Gasteiger partial charge in [-0.25, -0.2) is 4.79 Å². The third-order valence-corrected chi connectivity index (χ3v) is 6.65. The van der Waals surface area contributed by atoms with E-state index in [4.69, 9.17) is 16.3 Å². The summed E-state index contributed by atoms with van der Waals surface area (Å²) in [5.41, 5.74) is 4.54. The summed E-state index contributed by atoms with van der Waals surface area (Å²) in [4.78, 5) is 26.1. The molecule has 30 heavy (non-hydrogen) atoms. The summed E-state index contributed by atoms with van der Waals surface area (Å²) in [7, 11) is 1.36. The summed E-state index contributed by atoms with van der Waals surface area (Å²) in [6, 6.07) is 15.4. The van der Waals surface area contributed by atoms with Gasteiger partial charge in [0.25, 0.3) is 0 Å². The van der Waals surface area contributed by atoms with Gasteiger partial charge in [0.15, 0.2) is 5.78 Å². The van der Waals surface area contributed by atoms with Crippen LogP contribution < -0.4 is 5.32 Å². The van der Waals surface area contributed by atoms with Gasteiger partial charge in [0.05, 0.1) is 12.7 Å². The maximum Gasteiger partial charge on any atom is 0.336 e. The molecule has 0 fully saturated rings. The van der Waals surface area contributed by atoms with E-state index in [0.29, 0.717) is 34.7 Å². The van der Waals surface area contributed by atoms with Gasteiger partial charge in [-0.2, -0.15) is 0 Å². The first-order valence-corrected chi connectivity index (χ1v) is 10.9. The van der Waals surface area contributed by atoms with Gasteiger partial charge in [-0.1, -0.05) is 57.9 Å². The Kier molecular flexibility index (Phi) is 5.85. The van der Waals surface area contributed by atoms with Crippen LogP contribution in [0, 0.1) is 0 Å². The zero-order valence-electron chi connectivity index (χ0n) is 16.7. The van der Waals surface area contributed by atoms with Crippen molar-refractivity contribution in [2.24, 2.45) is 0 Å². The van der Waals surface area contributed by atoms with Crippen LogP contribution in [-0.4, -0.2) is 18.9 Å². The molecule has 2 atom stereocenters. The van der Waals surface area contributed by atoms with Crippen LogP contribution in [0.2, 0.25) is 5.02 Å². The molecule has 2 aliphatic rings. The van der Waals surface area contributed by atoms with E-state index >= 15 is 0 Å². The van der Waals surface area contributed by atoms with Gasteiger partial charge in [0.2, 0.25) is 0 Å². The highest BCUT2D eigenvalue weighted by molar-refractivity contribution is 9.10. The number of dihydropyridines is 1. The van der Waals surface area contributed by atoms with Gasteiger partial charge in [-0.05, 0) is 48.6 Å². The Balaban J connectivity index is 1.82. The summed E-state index contributed by atoms with van der Waals surface area (Å²) < 4.78 is 5.99. The summed E-state index contributed by atoms with van der Waals surface area (Å²) in [6.07, 6.45) is 1.01. The second-order valence-corrected chi connectivity index (χ2v) is 8.90. The zero-order chi connectivity index (χ0) is 21.4. The number of methoxy groups -OCH3 is 1. The molecule has 0 unspecified atom stereocenters. The number of ether oxygens (including phenoxy) is 1. The third-order valence-electron chi connectivity index (χ3n) is 5.78. The number of hydrogen-bond donors (Lipinski definition) is 1. The summed E-state index contributed by atoms with van der Waals surface area (Å²) in [6.45, 7) is 1.85. The smallest absolute Gasteiger partial charge is 0.336 e. The topological polar surface area (TPSA) is 55.4 Å². The number of ketones is 1. The zero-order valence-corrected chi connectivity index (χ0v) is 19.0. The van der Waals surface area contributed by atoms with E-state index in [9.17, 15) is 9.59 Å². The van der Waals surface area contributed by atoms with E-state index in [-0.39, 0.29) is 11.7 Å². The molecule has 1 aliphatic heterocycles. The Morgan fingerprint density at radius 1 is 1.13 bits per heavy atom. The second kappa shape index (κ2) is 8.40. The molecule has 0 saturated carbocycles. The molecule has 1 N–H and O–H groups in total. The number of allylic oxidation sites excluding steroid dienone is 3. The van der Waals surface area contributed by atoms with Gasteiger partial charge in [-0.15, -0.1) is 0 Å². The number of Topliss-reactive ketones (excluding diaryl/α,β-unsaturated/α-hetero) is 1. The molecule has 6 heteroatoms. The number of rotatable bonds is 3. The number of carbonyl (C=O) groups is 2. The number of halogens is 2. The second-order valence-electron chi connectivity index (χ2n) is 7.58. The van der Waals surface area contributed by atoms with E-state index in [1.54, 1.807) is 0 Å². The van der Waals surface area contributed by atoms with Crippen molar-refractivity contribution in [2.75, 3.05) is 7.11 Å². The first kappa shape index (κ1) is 20.9. The quantitative estimate of drug-likeness (QED) is 0.571. The first-order chi connectivity index (χ1) is 14.4. The SMILES string of the molecule is COC(=O)C1=C(C)NC2=C(C(=O)C[C@H](c3ccccc3Cl)C2)[C@@H]1c1ccc(Br)cc1. The Morgan fingerprint density at radius 3 is 2.50 bits per heavy atom. The Bertz CT molecular complexity index is 1090. The average Bonchev–Trinajstić information content (AvgIpc) is 2.73. The number of esters is 1. The van der Waals surface area contributed by atoms with Crippen molar-refractivity contribution >= 4 is 39.3 Å². The summed E-state index contributed by atoms with van der Waals surface area (Å²) in [5, 5.41) is 4.00. The molecular formula is C24H21BrClNO3. The van der Waals surface area contributed by atoms with Crippen molar-refractivity contribution in [3.63, 3.8) is 0 Å². The standard InChI is InChI=1S/C24H21BrClNO3/c1-13-21(24(29)30-2)22(14-7-9-16(25)10-8-14)23-19(27-13)11-15(12-20(23)28)17-5-3-4-6-18(17)26/h3-10,15,22,27H,11-12H2,1-2H3/t15-,22-/m1/s1. The summed E-state index contributed by atoms with van der Waals surface area (Å²) in [5.74, 6) is -0.868. The molecule has 2 aromatic carbocycles. The minimum Gasteiger partial charge on any atom is -0.466 e. The van der Waals surface area contributed by atoms with Crippen LogP contribution in [0.3, 0.4) is 0 Å². The Morgan fingerprint density at radius 2 is 1.83 bits per heavy atom. The molecular weight excluding hydrogens is 466 g/mol. The van der Waals surface area contributed by atoms with Crippen molar-refractivity contribution < 1.29 is 14.3 Å². The van der Waals surface area contributed by atoms with E-state index in [2.05, 4.69) is 21.2 Å². The molecule has 154 valence electrons. The van der Waals surface area contributed by atoms with Gasteiger partial charge in [0, 0.05) is 38.8 Å². The maximum atomic E-state index is 13.4. The van der Waals surface area contributed by atoms with E-state index < -0.39 is 11.9 Å². The molecule has 1 heterocycles. The van der Waals surface area contributed by atoms with Crippen LogP contribution in [0.5, 0.6) is 0 Å². The number of carbonyl (C=O) groups excluding carboxylic acids is 2. The highest BCUT2D eigenvalue weighted by Crippen LogP contribution is 2.46. The Hall–Kier alpha value is -2.37. The highest BCUT2D eigenvalue weighted by atomic mass is 79.9. The highest BCUT2D eigenvalue weighted by Gasteiger charge is 2.41. The fourth-order valence-electron chi connectivity index (χ4n) is 4.43.